The number of nitrogens with one attached hydrogen (secondary N) is 1. The molecule has 3 rings (SSSR count). The van der Waals surface area contributed by atoms with Crippen molar-refractivity contribution in [2.45, 2.75) is 32.2 Å². The number of carbonyl (C=O) groups is 1. The molecule has 0 unspecified atom stereocenters. The zero-order chi connectivity index (χ0) is 21.7. The van der Waals surface area contributed by atoms with E-state index in [9.17, 15) is 13.2 Å². The minimum Gasteiger partial charge on any atom is -0.348 e. The second-order valence-corrected chi connectivity index (χ2v) is 8.60. The van der Waals surface area contributed by atoms with Crippen LogP contribution in [0.15, 0.2) is 59.9 Å². The highest BCUT2D eigenvalue weighted by molar-refractivity contribution is 7.89. The van der Waals surface area contributed by atoms with Crippen molar-refractivity contribution in [3.8, 4) is 5.82 Å². The van der Waals surface area contributed by atoms with Crippen LogP contribution >= 0.6 is 0 Å². The van der Waals surface area contributed by atoms with Crippen molar-refractivity contribution < 1.29 is 13.2 Å². The lowest BCUT2D eigenvalue weighted by Gasteiger charge is -2.20. The lowest BCUT2D eigenvalue weighted by atomic mass is 10.1. The fourth-order valence-electron chi connectivity index (χ4n) is 3.17. The number of carbonyl (C=O) groups excluding carboxylic acids is 1. The number of hydrogen-bond acceptors (Lipinski definition) is 5. The molecule has 8 nitrogen and oxygen atoms in total. The zero-order valence-corrected chi connectivity index (χ0v) is 18.1. The summed E-state index contributed by atoms with van der Waals surface area (Å²) < 4.78 is 28.8. The van der Waals surface area contributed by atoms with Crippen molar-refractivity contribution >= 4 is 15.9 Å². The summed E-state index contributed by atoms with van der Waals surface area (Å²) in [5.41, 5.74) is 1.68. The van der Waals surface area contributed by atoms with Crippen LogP contribution in [0.5, 0.6) is 0 Å². The van der Waals surface area contributed by atoms with Gasteiger partial charge in [-0.15, -0.1) is 0 Å². The van der Waals surface area contributed by atoms with Crippen LogP contribution in [0.3, 0.4) is 0 Å². The molecule has 0 radical (unpaired) electrons. The van der Waals surface area contributed by atoms with E-state index in [-0.39, 0.29) is 22.9 Å². The molecule has 158 valence electrons. The van der Waals surface area contributed by atoms with Gasteiger partial charge in [0.05, 0.1) is 4.90 Å². The summed E-state index contributed by atoms with van der Waals surface area (Å²) >= 11 is 0. The van der Waals surface area contributed by atoms with Crippen molar-refractivity contribution in [1.29, 1.82) is 0 Å². The number of rotatable bonds is 8. The first-order chi connectivity index (χ1) is 14.4. The summed E-state index contributed by atoms with van der Waals surface area (Å²) in [5, 5.41) is 7.03. The van der Waals surface area contributed by atoms with E-state index in [1.807, 2.05) is 6.07 Å². The highest BCUT2D eigenvalue weighted by Gasteiger charge is 2.24. The van der Waals surface area contributed by atoms with E-state index in [1.54, 1.807) is 68.3 Å². The van der Waals surface area contributed by atoms with Crippen LogP contribution in [-0.2, 0) is 16.6 Å². The van der Waals surface area contributed by atoms with E-state index in [0.717, 1.165) is 5.56 Å². The Bertz CT molecular complexity index is 1120. The van der Waals surface area contributed by atoms with Crippen LogP contribution in [0, 0.1) is 6.92 Å². The van der Waals surface area contributed by atoms with Crippen LogP contribution in [0.1, 0.15) is 35.3 Å². The van der Waals surface area contributed by atoms with Gasteiger partial charge in [-0.1, -0.05) is 26.0 Å². The quantitative estimate of drug-likeness (QED) is 0.596. The molecular formula is C21H25N5O3S. The van der Waals surface area contributed by atoms with E-state index in [4.69, 9.17) is 0 Å². The molecule has 0 aliphatic heterocycles. The van der Waals surface area contributed by atoms with Gasteiger partial charge in [0.2, 0.25) is 10.0 Å². The molecule has 1 amide bonds. The molecule has 30 heavy (non-hydrogen) atoms. The van der Waals surface area contributed by atoms with Gasteiger partial charge in [-0.25, -0.2) is 18.1 Å². The summed E-state index contributed by atoms with van der Waals surface area (Å²) in [7, 11) is -3.66. The number of aryl methyl sites for hydroxylation is 1. The molecule has 2 heterocycles. The van der Waals surface area contributed by atoms with Gasteiger partial charge < -0.3 is 5.32 Å². The second kappa shape index (κ2) is 9.19. The minimum atomic E-state index is -3.66. The third-order valence-electron chi connectivity index (χ3n) is 4.80. The van der Waals surface area contributed by atoms with Crippen LogP contribution < -0.4 is 5.32 Å². The van der Waals surface area contributed by atoms with Crippen LogP contribution in [0.4, 0.5) is 0 Å². The molecule has 0 saturated carbocycles. The molecule has 0 saturated heterocycles. The van der Waals surface area contributed by atoms with Crippen molar-refractivity contribution in [2.24, 2.45) is 0 Å². The molecule has 1 N–H and O–H groups in total. The number of aromatic nitrogens is 3. The third-order valence-corrected chi connectivity index (χ3v) is 6.99. The lowest BCUT2D eigenvalue weighted by molar-refractivity contribution is 0.0950. The molecular weight excluding hydrogens is 402 g/mol. The molecule has 0 bridgehead atoms. The first-order valence-corrected chi connectivity index (χ1v) is 11.1. The van der Waals surface area contributed by atoms with Crippen molar-refractivity contribution in [2.75, 3.05) is 13.1 Å². The molecule has 0 atom stereocenters. The second-order valence-electron chi connectivity index (χ2n) is 6.69. The number of sulfonamides is 1. The van der Waals surface area contributed by atoms with Crippen molar-refractivity contribution in [3.05, 3.63) is 71.7 Å². The number of benzene rings is 1. The fraction of sp³-hybridized carbons (Fsp3) is 0.286. The molecule has 0 fully saturated rings. The highest BCUT2D eigenvalue weighted by atomic mass is 32.2. The Balaban J connectivity index is 1.83. The van der Waals surface area contributed by atoms with Gasteiger partial charge in [-0.2, -0.15) is 9.40 Å². The van der Waals surface area contributed by atoms with Gasteiger partial charge in [0, 0.05) is 49.4 Å². The molecule has 0 spiro atoms. The largest absolute Gasteiger partial charge is 0.348 e. The first-order valence-electron chi connectivity index (χ1n) is 9.71. The van der Waals surface area contributed by atoms with E-state index < -0.39 is 10.0 Å². The van der Waals surface area contributed by atoms with Crippen LogP contribution in [-0.4, -0.2) is 46.5 Å². The van der Waals surface area contributed by atoms with E-state index in [2.05, 4.69) is 15.4 Å². The van der Waals surface area contributed by atoms with Crippen molar-refractivity contribution in [3.63, 3.8) is 0 Å². The zero-order valence-electron chi connectivity index (χ0n) is 17.2. The SMILES string of the molecule is CCN(CC)S(=O)(=O)c1cc(C(=O)NCc2cccnc2-n2cccn2)ccc1C. The maximum absolute atomic E-state index is 12.9. The predicted molar refractivity (Wildman–Crippen MR) is 114 cm³/mol. The average molecular weight is 428 g/mol. The molecule has 9 heteroatoms. The summed E-state index contributed by atoms with van der Waals surface area (Å²) in [6.45, 7) is 6.27. The standard InChI is InChI=1S/C21H25N5O3S/c1-4-25(5-2)30(28,29)19-14-17(10-9-16(19)3)21(27)23-15-18-8-6-11-22-20(18)26-13-7-12-24-26/h6-14H,4-5,15H2,1-3H3,(H,23,27). The van der Waals surface area contributed by atoms with Gasteiger partial charge in [0.25, 0.3) is 5.91 Å². The predicted octanol–water partition coefficient (Wildman–Crippen LogP) is 2.54. The Morgan fingerprint density at radius 1 is 1.13 bits per heavy atom. The average Bonchev–Trinajstić information content (AvgIpc) is 3.28. The third kappa shape index (κ3) is 4.42. The van der Waals surface area contributed by atoms with Crippen LogP contribution in [0.25, 0.3) is 5.82 Å². The molecule has 0 aliphatic rings. The number of amides is 1. The molecule has 0 aliphatic carbocycles. The molecule has 3 aromatic rings. The Kier molecular flexibility index (Phi) is 6.63. The number of hydrogen-bond donors (Lipinski definition) is 1. The normalized spacial score (nSPS) is 11.6. The summed E-state index contributed by atoms with van der Waals surface area (Å²) in [6, 6.07) is 10.2. The Morgan fingerprint density at radius 3 is 2.57 bits per heavy atom. The maximum Gasteiger partial charge on any atom is 0.251 e. The Labute approximate surface area is 176 Å². The fourth-order valence-corrected chi connectivity index (χ4v) is 4.88. The van der Waals surface area contributed by atoms with Crippen LogP contribution in [0.2, 0.25) is 0 Å². The van der Waals surface area contributed by atoms with Gasteiger partial charge in [0.1, 0.15) is 0 Å². The van der Waals surface area contributed by atoms with Gasteiger partial charge in [-0.05, 0) is 36.8 Å². The monoisotopic (exact) mass is 427 g/mol. The van der Waals surface area contributed by atoms with Gasteiger partial charge in [0.15, 0.2) is 5.82 Å². The molecule has 1 aromatic carbocycles. The minimum absolute atomic E-state index is 0.150. The number of pyridine rings is 1. The molecule has 2 aromatic heterocycles. The maximum atomic E-state index is 12.9. The smallest absolute Gasteiger partial charge is 0.251 e. The van der Waals surface area contributed by atoms with E-state index in [0.29, 0.717) is 24.5 Å². The Morgan fingerprint density at radius 2 is 1.90 bits per heavy atom. The Hall–Kier alpha value is -3.04. The summed E-state index contributed by atoms with van der Waals surface area (Å²) in [6.07, 6.45) is 5.09. The van der Waals surface area contributed by atoms with Gasteiger partial charge >= 0.3 is 0 Å². The summed E-state index contributed by atoms with van der Waals surface area (Å²) in [5.74, 6) is 0.262. The number of nitrogens with zero attached hydrogens (tertiary/aromatic N) is 4. The van der Waals surface area contributed by atoms with E-state index in [1.165, 1.54) is 10.4 Å². The first kappa shape index (κ1) is 21.7. The van der Waals surface area contributed by atoms with Crippen molar-refractivity contribution in [1.82, 2.24) is 24.4 Å². The topological polar surface area (TPSA) is 97.2 Å². The summed E-state index contributed by atoms with van der Waals surface area (Å²) in [4.78, 5) is 17.2. The lowest BCUT2D eigenvalue weighted by Crippen LogP contribution is -2.31. The highest BCUT2D eigenvalue weighted by Crippen LogP contribution is 2.21. The van der Waals surface area contributed by atoms with Gasteiger partial charge in [-0.3, -0.25) is 4.79 Å². The van der Waals surface area contributed by atoms with E-state index >= 15 is 0 Å².